The van der Waals surface area contributed by atoms with Crippen LogP contribution in [0.5, 0.6) is 5.75 Å². The minimum Gasteiger partial charge on any atom is -0.497 e. The minimum atomic E-state index is -1.06. The lowest BCUT2D eigenvalue weighted by molar-refractivity contribution is -0.115. The highest BCUT2D eigenvalue weighted by atomic mass is 32.2. The second-order valence-corrected chi connectivity index (χ2v) is 4.66. The molecule has 0 spiro atoms. The largest absolute Gasteiger partial charge is 0.497 e. The van der Waals surface area contributed by atoms with Crippen LogP contribution in [-0.2, 0) is 15.6 Å². The molecule has 1 unspecified atom stereocenters. The number of amides is 1. The number of benzene rings is 1. The van der Waals surface area contributed by atoms with Crippen LogP contribution in [0.15, 0.2) is 24.3 Å². The Hall–Kier alpha value is -1.36. The van der Waals surface area contributed by atoms with Crippen molar-refractivity contribution in [2.24, 2.45) is 0 Å². The molecular formula is C10H11NO3S. The Kier molecular flexibility index (Phi) is 2.73. The molecule has 1 aliphatic rings. The van der Waals surface area contributed by atoms with Crippen molar-refractivity contribution in [2.75, 3.05) is 23.6 Å². The highest BCUT2D eigenvalue weighted by Gasteiger charge is 2.27. The van der Waals surface area contributed by atoms with Gasteiger partial charge in [-0.2, -0.15) is 0 Å². The SMILES string of the molecule is COc1cccc(N2CS(=O)CC2=O)c1. The van der Waals surface area contributed by atoms with Crippen molar-refractivity contribution in [2.45, 2.75) is 0 Å². The fourth-order valence-electron chi connectivity index (χ4n) is 1.47. The van der Waals surface area contributed by atoms with E-state index < -0.39 is 10.8 Å². The van der Waals surface area contributed by atoms with Gasteiger partial charge in [0.1, 0.15) is 17.4 Å². The normalized spacial score (nSPS) is 20.7. The Balaban J connectivity index is 2.29. The first-order valence-electron chi connectivity index (χ1n) is 4.50. The molecule has 4 nitrogen and oxygen atoms in total. The second-order valence-electron chi connectivity index (χ2n) is 3.24. The molecule has 1 heterocycles. The molecule has 1 atom stereocenters. The van der Waals surface area contributed by atoms with E-state index in [9.17, 15) is 9.00 Å². The van der Waals surface area contributed by atoms with Gasteiger partial charge >= 0.3 is 0 Å². The molecule has 0 N–H and O–H groups in total. The summed E-state index contributed by atoms with van der Waals surface area (Å²) in [6, 6.07) is 7.19. The highest BCUT2D eigenvalue weighted by Crippen LogP contribution is 2.23. The first-order chi connectivity index (χ1) is 7.20. The molecule has 80 valence electrons. The molecule has 0 radical (unpaired) electrons. The van der Waals surface area contributed by atoms with Crippen LogP contribution in [0.4, 0.5) is 5.69 Å². The Morgan fingerprint density at radius 3 is 2.87 bits per heavy atom. The third-order valence-corrected chi connectivity index (χ3v) is 3.34. The van der Waals surface area contributed by atoms with Crippen molar-refractivity contribution in [1.29, 1.82) is 0 Å². The summed E-state index contributed by atoms with van der Waals surface area (Å²) in [5, 5.41) is 0. The van der Waals surface area contributed by atoms with Gasteiger partial charge in [0.25, 0.3) is 0 Å². The molecule has 0 saturated carbocycles. The maximum Gasteiger partial charge on any atom is 0.240 e. The van der Waals surface area contributed by atoms with E-state index in [1.54, 1.807) is 19.2 Å². The molecule has 1 fully saturated rings. The van der Waals surface area contributed by atoms with Crippen molar-refractivity contribution in [1.82, 2.24) is 0 Å². The summed E-state index contributed by atoms with van der Waals surface area (Å²) in [7, 11) is 0.516. The molecule has 1 saturated heterocycles. The van der Waals surface area contributed by atoms with Crippen LogP contribution in [0.3, 0.4) is 0 Å². The topological polar surface area (TPSA) is 46.6 Å². The average Bonchev–Trinajstić information content (AvgIpc) is 2.58. The monoisotopic (exact) mass is 225 g/mol. The summed E-state index contributed by atoms with van der Waals surface area (Å²) in [6.07, 6.45) is 0. The van der Waals surface area contributed by atoms with Crippen LogP contribution in [0, 0.1) is 0 Å². The maximum atomic E-state index is 11.5. The molecule has 0 bridgehead atoms. The van der Waals surface area contributed by atoms with Crippen LogP contribution in [0.25, 0.3) is 0 Å². The Morgan fingerprint density at radius 2 is 2.27 bits per heavy atom. The molecule has 1 amide bonds. The molecule has 0 aromatic heterocycles. The zero-order valence-corrected chi connectivity index (χ0v) is 9.12. The van der Waals surface area contributed by atoms with Crippen LogP contribution >= 0.6 is 0 Å². The quantitative estimate of drug-likeness (QED) is 0.746. The lowest BCUT2D eigenvalue weighted by atomic mass is 10.3. The molecular weight excluding hydrogens is 214 g/mol. The van der Waals surface area contributed by atoms with Gasteiger partial charge < -0.3 is 4.74 Å². The molecule has 1 aromatic carbocycles. The van der Waals surface area contributed by atoms with Gasteiger partial charge in [0.05, 0.1) is 17.9 Å². The average molecular weight is 225 g/mol. The Labute approximate surface area is 90.3 Å². The van der Waals surface area contributed by atoms with E-state index in [0.29, 0.717) is 5.75 Å². The summed E-state index contributed by atoms with van der Waals surface area (Å²) in [4.78, 5) is 13.0. The predicted molar refractivity (Wildman–Crippen MR) is 58.4 cm³/mol. The highest BCUT2D eigenvalue weighted by molar-refractivity contribution is 7.86. The standard InChI is InChI=1S/C10H11NO3S/c1-14-9-4-2-3-8(5-9)11-7-15(13)6-10(11)12/h2-5H,6-7H2,1H3. The van der Waals surface area contributed by atoms with Gasteiger partial charge in [0.15, 0.2) is 0 Å². The maximum absolute atomic E-state index is 11.5. The van der Waals surface area contributed by atoms with Crippen LogP contribution in [-0.4, -0.2) is 28.9 Å². The van der Waals surface area contributed by atoms with Crippen LogP contribution < -0.4 is 9.64 Å². The van der Waals surface area contributed by atoms with Crippen molar-refractivity contribution < 1.29 is 13.7 Å². The smallest absolute Gasteiger partial charge is 0.240 e. The number of rotatable bonds is 2. The van der Waals surface area contributed by atoms with E-state index in [2.05, 4.69) is 0 Å². The van der Waals surface area contributed by atoms with Crippen molar-refractivity contribution >= 4 is 22.4 Å². The minimum absolute atomic E-state index is 0.0958. The van der Waals surface area contributed by atoms with E-state index in [4.69, 9.17) is 4.74 Å². The Morgan fingerprint density at radius 1 is 1.47 bits per heavy atom. The van der Waals surface area contributed by atoms with Crippen molar-refractivity contribution in [3.63, 3.8) is 0 Å². The van der Waals surface area contributed by atoms with E-state index in [1.165, 1.54) is 4.90 Å². The van der Waals surface area contributed by atoms with Crippen molar-refractivity contribution in [3.05, 3.63) is 24.3 Å². The van der Waals surface area contributed by atoms with Gasteiger partial charge in [0, 0.05) is 11.8 Å². The van der Waals surface area contributed by atoms with E-state index in [-0.39, 0.29) is 17.5 Å². The molecule has 1 aromatic rings. The molecule has 5 heteroatoms. The van der Waals surface area contributed by atoms with Gasteiger partial charge in [-0.15, -0.1) is 0 Å². The third kappa shape index (κ3) is 2.02. The van der Waals surface area contributed by atoms with Crippen molar-refractivity contribution in [3.8, 4) is 5.75 Å². The van der Waals surface area contributed by atoms with Gasteiger partial charge in [-0.05, 0) is 12.1 Å². The number of methoxy groups -OCH3 is 1. The molecule has 15 heavy (non-hydrogen) atoms. The summed E-state index contributed by atoms with van der Waals surface area (Å²) >= 11 is 0. The molecule has 0 aliphatic carbocycles. The van der Waals surface area contributed by atoms with Gasteiger partial charge in [-0.25, -0.2) is 0 Å². The fourth-order valence-corrected chi connectivity index (χ4v) is 2.58. The number of anilines is 1. The van der Waals surface area contributed by atoms with E-state index >= 15 is 0 Å². The van der Waals surface area contributed by atoms with Gasteiger partial charge in [-0.1, -0.05) is 6.07 Å². The zero-order chi connectivity index (χ0) is 10.8. The van der Waals surface area contributed by atoms with Crippen LogP contribution in [0.2, 0.25) is 0 Å². The predicted octanol–water partition coefficient (Wildman–Crippen LogP) is 0.748. The van der Waals surface area contributed by atoms with Gasteiger partial charge in [0.2, 0.25) is 5.91 Å². The number of carbonyl (C=O) groups excluding carboxylic acids is 1. The first-order valence-corrected chi connectivity index (χ1v) is 5.99. The Bertz CT molecular complexity index is 419. The molecule has 1 aliphatic heterocycles. The van der Waals surface area contributed by atoms with E-state index in [0.717, 1.165) is 5.69 Å². The molecule has 2 rings (SSSR count). The van der Waals surface area contributed by atoms with Gasteiger partial charge in [-0.3, -0.25) is 13.9 Å². The third-order valence-electron chi connectivity index (χ3n) is 2.22. The summed E-state index contributed by atoms with van der Waals surface area (Å²) in [5.41, 5.74) is 0.741. The lowest BCUT2D eigenvalue weighted by Crippen LogP contribution is -2.24. The van der Waals surface area contributed by atoms with E-state index in [1.807, 2.05) is 12.1 Å². The number of hydrogen-bond acceptors (Lipinski definition) is 3. The number of ether oxygens (including phenoxy) is 1. The number of hydrogen-bond donors (Lipinski definition) is 0. The fraction of sp³-hybridized carbons (Fsp3) is 0.300. The summed E-state index contributed by atoms with van der Waals surface area (Å²) < 4.78 is 16.3. The lowest BCUT2D eigenvalue weighted by Gasteiger charge is -2.14. The number of carbonyl (C=O) groups is 1. The number of nitrogens with zero attached hydrogens (tertiary/aromatic N) is 1. The first kappa shape index (κ1) is 10.2. The van der Waals surface area contributed by atoms with Crippen LogP contribution in [0.1, 0.15) is 0 Å². The zero-order valence-electron chi connectivity index (χ0n) is 8.30. The summed E-state index contributed by atoms with van der Waals surface area (Å²) in [6.45, 7) is 0. The summed E-state index contributed by atoms with van der Waals surface area (Å²) in [5.74, 6) is 1.00. The second kappa shape index (κ2) is 4.02.